The van der Waals surface area contributed by atoms with E-state index < -0.39 is 0 Å². The first-order valence-electron chi connectivity index (χ1n) is 3.77. The molecule has 0 aromatic heterocycles. The summed E-state index contributed by atoms with van der Waals surface area (Å²) in [7, 11) is 8.73. The summed E-state index contributed by atoms with van der Waals surface area (Å²) in [5, 5.41) is 0. The van der Waals surface area contributed by atoms with Crippen molar-refractivity contribution in [2.75, 3.05) is 14.1 Å². The third-order valence-electron chi connectivity index (χ3n) is 1.61. The van der Waals surface area contributed by atoms with Crippen molar-refractivity contribution in [3.05, 3.63) is 29.5 Å². The molecule has 0 unspecified atom stereocenters. The summed E-state index contributed by atoms with van der Waals surface area (Å²) >= 11 is 0.847. The van der Waals surface area contributed by atoms with Crippen LogP contribution in [0.1, 0.15) is 6.42 Å². The zero-order chi connectivity index (χ0) is 10.3. The van der Waals surface area contributed by atoms with Crippen LogP contribution in [0.2, 0.25) is 0 Å². The average Bonchev–Trinajstić information content (AvgIpc) is 2.21. The molecule has 5 heteroatoms. The molecule has 67 valence electrons. The van der Waals surface area contributed by atoms with Gasteiger partial charge in [-0.25, -0.2) is 0 Å². The third-order valence-corrected chi connectivity index (χ3v) is 1.61. The van der Waals surface area contributed by atoms with Crippen molar-refractivity contribution in [3.8, 4) is 0 Å². The molecule has 0 spiro atoms. The molecule has 0 N–H and O–H groups in total. The van der Waals surface area contributed by atoms with Crippen molar-refractivity contribution in [2.24, 2.45) is 0 Å². The summed E-state index contributed by atoms with van der Waals surface area (Å²) in [5.41, 5.74) is 10.3. The summed E-state index contributed by atoms with van der Waals surface area (Å²) in [4.78, 5) is 5.13. The van der Waals surface area contributed by atoms with Crippen LogP contribution in [0.25, 0.3) is 5.53 Å². The van der Waals surface area contributed by atoms with Gasteiger partial charge in [0, 0.05) is 25.9 Å². The minimum absolute atomic E-state index is 0.704. The fourth-order valence-electron chi connectivity index (χ4n) is 0.933. The number of likely N-dealkylation sites (N-methyl/N-ethyl adjacent to an activating group) is 1. The molecule has 0 aromatic rings. The molecule has 0 saturated carbocycles. The van der Waals surface area contributed by atoms with E-state index in [0.29, 0.717) is 12.1 Å². The zero-order valence-corrected chi connectivity index (χ0v) is 11.6. The standard InChI is InChI=1S/C8H11N3.ClH.Zn/c1-11(2)8-5-3-7(10-9)4-6-8;;/h3,5-6H,4H2,1-2H3;1H;/q;;+1/p-1. The van der Waals surface area contributed by atoms with Crippen molar-refractivity contribution in [3.63, 3.8) is 0 Å². The molecule has 0 bridgehead atoms. The second-order valence-electron chi connectivity index (χ2n) is 2.65. The Hall–Kier alpha value is -0.427. The first kappa shape index (κ1) is 12.6. The van der Waals surface area contributed by atoms with Gasteiger partial charge in [-0.1, -0.05) is 0 Å². The van der Waals surface area contributed by atoms with Gasteiger partial charge in [0.2, 0.25) is 0 Å². The van der Waals surface area contributed by atoms with E-state index >= 15 is 0 Å². The molecule has 0 atom stereocenters. The second-order valence-corrected chi connectivity index (χ2v) is 2.65. The van der Waals surface area contributed by atoms with Gasteiger partial charge in [-0.2, -0.15) is 4.79 Å². The van der Waals surface area contributed by atoms with Crippen molar-refractivity contribution in [2.45, 2.75) is 6.42 Å². The van der Waals surface area contributed by atoms with Crippen LogP contribution < -0.4 is 0 Å². The Morgan fingerprint density at radius 3 is 2.38 bits per heavy atom. The van der Waals surface area contributed by atoms with E-state index in [0.717, 1.165) is 23.0 Å². The summed E-state index contributed by atoms with van der Waals surface area (Å²) in [6, 6.07) is 0. The molecular weight excluding hydrogens is 239 g/mol. The third kappa shape index (κ3) is 4.37. The molecule has 0 aliphatic heterocycles. The molecule has 1 rings (SSSR count). The fraction of sp³-hybridized carbons (Fsp3) is 0.375. The van der Waals surface area contributed by atoms with E-state index in [1.807, 2.05) is 37.2 Å². The Balaban J connectivity index is 0.000000671. The Bertz CT molecular complexity index is 265. The van der Waals surface area contributed by atoms with Crippen molar-refractivity contribution in [1.82, 2.24) is 4.90 Å². The van der Waals surface area contributed by atoms with Crippen LogP contribution in [-0.4, -0.2) is 29.5 Å². The number of rotatable bonds is 1. The molecule has 0 radical (unpaired) electrons. The number of hydrogen-bond donors (Lipinski definition) is 0. The van der Waals surface area contributed by atoms with Crippen molar-refractivity contribution in [1.29, 1.82) is 0 Å². The molecule has 0 aromatic carbocycles. The van der Waals surface area contributed by atoms with Crippen LogP contribution in [0.3, 0.4) is 0 Å². The zero-order valence-electron chi connectivity index (χ0n) is 7.87. The first-order valence-corrected chi connectivity index (χ1v) is 7.67. The summed E-state index contributed by atoms with van der Waals surface area (Å²) in [5.74, 6) is 0. The maximum atomic E-state index is 8.41. The Kier molecular flexibility index (Phi) is 6.79. The van der Waals surface area contributed by atoms with Gasteiger partial charge < -0.3 is 10.4 Å². The van der Waals surface area contributed by atoms with Crippen LogP contribution in [-0.2, 0) is 17.3 Å². The maximum absolute atomic E-state index is 8.41. The van der Waals surface area contributed by atoms with E-state index in [4.69, 9.17) is 15.2 Å². The van der Waals surface area contributed by atoms with Crippen molar-refractivity contribution >= 4 is 15.4 Å². The van der Waals surface area contributed by atoms with Gasteiger partial charge in [0.15, 0.2) is 0 Å². The monoisotopic (exact) mass is 248 g/mol. The summed E-state index contributed by atoms with van der Waals surface area (Å²) in [6.45, 7) is 0. The molecule has 0 fully saturated rings. The van der Waals surface area contributed by atoms with Crippen LogP contribution >= 0.6 is 9.69 Å². The quantitative estimate of drug-likeness (QED) is 0.397. The van der Waals surface area contributed by atoms with Crippen LogP contribution in [0.4, 0.5) is 0 Å². The first-order chi connectivity index (χ1) is 6.24. The van der Waals surface area contributed by atoms with Gasteiger partial charge >= 0.3 is 27.0 Å². The van der Waals surface area contributed by atoms with Gasteiger partial charge in [0.1, 0.15) is 0 Å². The van der Waals surface area contributed by atoms with E-state index in [1.54, 1.807) is 0 Å². The van der Waals surface area contributed by atoms with E-state index in [-0.39, 0.29) is 0 Å². The molecular formula is C8H11ClN3Zn. The van der Waals surface area contributed by atoms with Gasteiger partial charge in [-0.05, 0) is 12.2 Å². The molecule has 1 aliphatic rings. The van der Waals surface area contributed by atoms with E-state index in [1.165, 1.54) is 0 Å². The fourth-order valence-corrected chi connectivity index (χ4v) is 0.933. The van der Waals surface area contributed by atoms with Crippen LogP contribution in [0, 0.1) is 0 Å². The molecule has 3 nitrogen and oxygen atoms in total. The Labute approximate surface area is 92.4 Å². The SMILES string of the molecule is CN(C)C1=CCC(=[N+]=[N-])C=C1.[Cl][Zn]. The molecule has 0 heterocycles. The molecule has 0 amide bonds. The topological polar surface area (TPSA) is 39.6 Å². The molecule has 1 aliphatic carbocycles. The van der Waals surface area contributed by atoms with E-state index in [2.05, 4.69) is 4.79 Å². The summed E-state index contributed by atoms with van der Waals surface area (Å²) in [6.07, 6.45) is 6.48. The number of nitrogens with zero attached hydrogens (tertiary/aromatic N) is 3. The Morgan fingerprint density at radius 2 is 2.08 bits per heavy atom. The summed E-state index contributed by atoms with van der Waals surface area (Å²) < 4.78 is 0. The van der Waals surface area contributed by atoms with E-state index in [9.17, 15) is 0 Å². The predicted octanol–water partition coefficient (Wildman–Crippen LogP) is 1.75. The van der Waals surface area contributed by atoms with Gasteiger partial charge in [-0.15, -0.1) is 0 Å². The van der Waals surface area contributed by atoms with Crippen LogP contribution in [0.5, 0.6) is 0 Å². The second kappa shape index (κ2) is 7.02. The molecule has 0 saturated heterocycles. The normalized spacial score (nSPS) is 13.9. The van der Waals surface area contributed by atoms with Crippen LogP contribution in [0.15, 0.2) is 23.9 Å². The molecule has 13 heavy (non-hydrogen) atoms. The number of hydrogen-bond acceptors (Lipinski definition) is 1. The van der Waals surface area contributed by atoms with Gasteiger partial charge in [-0.3, -0.25) is 0 Å². The van der Waals surface area contributed by atoms with Gasteiger partial charge in [0.05, 0.1) is 6.42 Å². The number of allylic oxidation sites excluding steroid dienone is 3. The predicted molar refractivity (Wildman–Crippen MR) is 50.0 cm³/mol. The minimum atomic E-state index is 0.704. The van der Waals surface area contributed by atoms with Gasteiger partial charge in [0.25, 0.3) is 5.71 Å². The number of halogens is 1. The van der Waals surface area contributed by atoms with Crippen molar-refractivity contribution < 1.29 is 22.1 Å². The Morgan fingerprint density at radius 1 is 1.46 bits per heavy atom. The average molecular weight is 250 g/mol.